The van der Waals surface area contributed by atoms with Crippen LogP contribution in [0.1, 0.15) is 54.0 Å². The summed E-state index contributed by atoms with van der Waals surface area (Å²) in [6.07, 6.45) is 2.33. The van der Waals surface area contributed by atoms with Gasteiger partial charge in [-0.2, -0.15) is 0 Å². The van der Waals surface area contributed by atoms with Crippen molar-refractivity contribution in [3.63, 3.8) is 0 Å². The molecule has 0 aliphatic heterocycles. The number of methoxy groups -OCH3 is 2. The van der Waals surface area contributed by atoms with Crippen LogP contribution in [0.2, 0.25) is 0 Å². The molecular weight excluding hydrogens is 552 g/mol. The Morgan fingerprint density at radius 3 is 2.35 bits per heavy atom. The topological polar surface area (TPSA) is 132 Å². The van der Waals surface area contributed by atoms with Gasteiger partial charge in [0.05, 0.1) is 27.2 Å². The lowest BCUT2D eigenvalue weighted by molar-refractivity contribution is -0.156. The van der Waals surface area contributed by atoms with Crippen molar-refractivity contribution in [1.29, 1.82) is 0 Å². The van der Waals surface area contributed by atoms with Crippen LogP contribution in [-0.4, -0.2) is 53.7 Å². The predicted molar refractivity (Wildman–Crippen MR) is 159 cm³/mol. The largest absolute Gasteiger partial charge is 0.504 e. The normalized spacial score (nSPS) is 15.6. The van der Waals surface area contributed by atoms with E-state index in [2.05, 4.69) is 0 Å². The van der Waals surface area contributed by atoms with Gasteiger partial charge in [-0.05, 0) is 84.2 Å². The fourth-order valence-corrected chi connectivity index (χ4v) is 5.75. The highest BCUT2D eigenvalue weighted by Gasteiger charge is 2.32. The molecule has 3 aromatic carbocycles. The Morgan fingerprint density at radius 1 is 0.884 bits per heavy atom. The van der Waals surface area contributed by atoms with Gasteiger partial charge < -0.3 is 34.3 Å². The van der Waals surface area contributed by atoms with Crippen molar-refractivity contribution >= 4 is 11.9 Å². The first-order valence-corrected chi connectivity index (χ1v) is 14.5. The summed E-state index contributed by atoms with van der Waals surface area (Å²) in [6, 6.07) is 15.8. The molecule has 230 valence electrons. The van der Waals surface area contributed by atoms with E-state index in [0.29, 0.717) is 49.2 Å². The number of aliphatic hydroxyl groups is 1. The molecule has 0 amide bonds. The third kappa shape index (κ3) is 8.64. The van der Waals surface area contributed by atoms with Crippen molar-refractivity contribution in [3.05, 3.63) is 82.4 Å². The SMILES string of the molecule is COc1cc(CCC(CC(OC(C)=O)C2CCc3cc(O)c(OC)cc3C2)OC(=O)Cc2cccc(CO)c2)ccc1O. The highest BCUT2D eigenvalue weighted by molar-refractivity contribution is 5.72. The molecule has 0 radical (unpaired) electrons. The summed E-state index contributed by atoms with van der Waals surface area (Å²) in [6.45, 7) is 1.25. The van der Waals surface area contributed by atoms with Crippen LogP contribution in [-0.2, 0) is 51.4 Å². The zero-order valence-corrected chi connectivity index (χ0v) is 24.9. The van der Waals surface area contributed by atoms with E-state index in [-0.39, 0.29) is 30.4 Å². The molecule has 3 aromatic rings. The summed E-state index contributed by atoms with van der Waals surface area (Å²) >= 11 is 0. The first kappa shape index (κ1) is 31.7. The molecule has 0 heterocycles. The van der Waals surface area contributed by atoms with Crippen molar-refractivity contribution in [1.82, 2.24) is 0 Å². The van der Waals surface area contributed by atoms with Crippen LogP contribution in [0, 0.1) is 5.92 Å². The van der Waals surface area contributed by atoms with Crippen molar-refractivity contribution in [2.75, 3.05) is 14.2 Å². The number of fused-ring (bicyclic) bond motifs is 1. The van der Waals surface area contributed by atoms with Gasteiger partial charge in [0.15, 0.2) is 23.0 Å². The molecule has 0 saturated heterocycles. The monoisotopic (exact) mass is 592 g/mol. The minimum absolute atomic E-state index is 0.0261. The van der Waals surface area contributed by atoms with Crippen LogP contribution in [0.5, 0.6) is 23.0 Å². The van der Waals surface area contributed by atoms with Gasteiger partial charge in [0.1, 0.15) is 12.2 Å². The van der Waals surface area contributed by atoms with Crippen LogP contribution < -0.4 is 9.47 Å². The van der Waals surface area contributed by atoms with E-state index in [1.165, 1.54) is 21.1 Å². The fraction of sp³-hybridized carbons (Fsp3) is 0.412. The lowest BCUT2D eigenvalue weighted by atomic mass is 9.79. The van der Waals surface area contributed by atoms with E-state index in [1.54, 1.807) is 42.5 Å². The standard InChI is InChI=1S/C34H40O9/c1-21(36)42-31(26-10-9-25-17-30(38)33(41-3)18-27(25)16-26)19-28(11-7-22-8-12-29(37)32(14-22)40-2)43-34(39)15-23-5-4-6-24(13-23)20-35/h4-6,8,12-14,17-18,26,28,31,35,37-38H,7,9-11,15-16,19-20H2,1-3H3. The molecule has 0 aromatic heterocycles. The lowest BCUT2D eigenvalue weighted by Crippen LogP contribution is -2.35. The van der Waals surface area contributed by atoms with Gasteiger partial charge in [-0.15, -0.1) is 0 Å². The molecule has 4 rings (SSSR count). The van der Waals surface area contributed by atoms with Gasteiger partial charge in [-0.1, -0.05) is 30.3 Å². The van der Waals surface area contributed by atoms with E-state index in [1.807, 2.05) is 12.1 Å². The first-order chi connectivity index (χ1) is 20.7. The second-order valence-corrected chi connectivity index (χ2v) is 11.0. The molecule has 3 atom stereocenters. The van der Waals surface area contributed by atoms with Gasteiger partial charge in [0.2, 0.25) is 0 Å². The van der Waals surface area contributed by atoms with Crippen molar-refractivity contribution < 1.29 is 43.9 Å². The molecule has 0 bridgehead atoms. The number of ether oxygens (including phenoxy) is 4. The Bertz CT molecular complexity index is 1420. The van der Waals surface area contributed by atoms with E-state index in [9.17, 15) is 24.9 Å². The average Bonchev–Trinajstić information content (AvgIpc) is 2.99. The highest BCUT2D eigenvalue weighted by Crippen LogP contribution is 2.37. The number of hydrogen-bond donors (Lipinski definition) is 3. The van der Waals surface area contributed by atoms with Crippen molar-refractivity contribution in [2.45, 2.75) is 70.7 Å². The number of phenolic OH excluding ortho intramolecular Hbond substituents is 2. The Balaban J connectivity index is 1.54. The molecular formula is C34H40O9. The maximum absolute atomic E-state index is 13.1. The molecule has 9 heteroatoms. The number of aromatic hydroxyl groups is 2. The Morgan fingerprint density at radius 2 is 1.63 bits per heavy atom. The summed E-state index contributed by atoms with van der Waals surface area (Å²) in [7, 11) is 2.99. The average molecular weight is 593 g/mol. The molecule has 3 unspecified atom stereocenters. The number of rotatable bonds is 13. The van der Waals surface area contributed by atoms with Crippen LogP contribution in [0.25, 0.3) is 0 Å². The first-order valence-electron chi connectivity index (χ1n) is 14.5. The van der Waals surface area contributed by atoms with Gasteiger partial charge in [0.25, 0.3) is 0 Å². The van der Waals surface area contributed by atoms with Crippen molar-refractivity contribution in [2.24, 2.45) is 5.92 Å². The molecule has 1 aliphatic carbocycles. The zero-order chi connectivity index (χ0) is 30.9. The number of carbonyl (C=O) groups is 2. The number of aliphatic hydroxyl groups excluding tert-OH is 1. The lowest BCUT2D eigenvalue weighted by Gasteiger charge is -2.33. The predicted octanol–water partition coefficient (Wildman–Crippen LogP) is 4.82. The summed E-state index contributed by atoms with van der Waals surface area (Å²) in [5.74, 6) is 0.0319. The Kier molecular flexibility index (Phi) is 10.9. The zero-order valence-electron chi connectivity index (χ0n) is 24.9. The van der Waals surface area contributed by atoms with Crippen molar-refractivity contribution in [3.8, 4) is 23.0 Å². The van der Waals surface area contributed by atoms with E-state index < -0.39 is 24.1 Å². The minimum atomic E-state index is -0.562. The third-order valence-corrected chi connectivity index (χ3v) is 7.93. The number of phenols is 2. The van der Waals surface area contributed by atoms with Gasteiger partial charge in [-0.3, -0.25) is 9.59 Å². The molecule has 0 saturated carbocycles. The Hall–Kier alpha value is -4.24. The van der Waals surface area contributed by atoms with Gasteiger partial charge in [-0.25, -0.2) is 0 Å². The summed E-state index contributed by atoms with van der Waals surface area (Å²) in [5.41, 5.74) is 4.40. The maximum Gasteiger partial charge on any atom is 0.310 e. The maximum atomic E-state index is 13.1. The number of carbonyl (C=O) groups excluding carboxylic acids is 2. The van der Waals surface area contributed by atoms with Gasteiger partial charge in [0, 0.05) is 19.3 Å². The molecule has 43 heavy (non-hydrogen) atoms. The molecule has 0 spiro atoms. The molecule has 9 nitrogen and oxygen atoms in total. The minimum Gasteiger partial charge on any atom is -0.504 e. The second kappa shape index (κ2) is 14.8. The van der Waals surface area contributed by atoms with Crippen LogP contribution in [0.15, 0.2) is 54.6 Å². The number of hydrogen-bond acceptors (Lipinski definition) is 9. The summed E-state index contributed by atoms with van der Waals surface area (Å²) in [4.78, 5) is 25.4. The number of esters is 2. The van der Waals surface area contributed by atoms with E-state index >= 15 is 0 Å². The van der Waals surface area contributed by atoms with Crippen LogP contribution >= 0.6 is 0 Å². The summed E-state index contributed by atoms with van der Waals surface area (Å²) < 4.78 is 22.4. The van der Waals surface area contributed by atoms with Gasteiger partial charge >= 0.3 is 11.9 Å². The quantitative estimate of drug-likeness (QED) is 0.239. The van der Waals surface area contributed by atoms with E-state index in [0.717, 1.165) is 28.7 Å². The number of aryl methyl sites for hydroxylation is 2. The third-order valence-electron chi connectivity index (χ3n) is 7.93. The summed E-state index contributed by atoms with van der Waals surface area (Å²) in [5, 5.41) is 29.7. The van der Waals surface area contributed by atoms with E-state index in [4.69, 9.17) is 18.9 Å². The second-order valence-electron chi connectivity index (χ2n) is 11.0. The highest BCUT2D eigenvalue weighted by atomic mass is 16.6. The fourth-order valence-electron chi connectivity index (χ4n) is 5.75. The molecule has 0 fully saturated rings. The molecule has 1 aliphatic rings. The smallest absolute Gasteiger partial charge is 0.310 e. The Labute approximate surface area is 252 Å². The van der Waals surface area contributed by atoms with Crippen LogP contribution in [0.3, 0.4) is 0 Å². The molecule has 3 N–H and O–H groups in total. The van der Waals surface area contributed by atoms with Crippen LogP contribution in [0.4, 0.5) is 0 Å². The number of benzene rings is 3.